The molecule has 2 N–H and O–H groups in total. The first-order valence-corrected chi connectivity index (χ1v) is 4.50. The maximum Gasteiger partial charge on any atom is 0.239 e. The normalized spacial score (nSPS) is 9.75. The fraction of sp³-hybridized carbons (Fsp3) is 0.100. The van der Waals surface area contributed by atoms with Crippen LogP contribution in [0.3, 0.4) is 0 Å². The van der Waals surface area contributed by atoms with Crippen molar-refractivity contribution in [3.63, 3.8) is 0 Å². The first kappa shape index (κ1) is 9.98. The number of nitrogens with two attached hydrogens (primary N) is 1. The SMILES string of the molecule is COc1ccc(C#N)c(-n2cnc(N)n2)c1. The number of nitrogen functional groups attached to an aromatic ring is 1. The lowest BCUT2D eigenvalue weighted by molar-refractivity contribution is 0.414. The largest absolute Gasteiger partial charge is 0.497 e. The summed E-state index contributed by atoms with van der Waals surface area (Å²) < 4.78 is 6.52. The quantitative estimate of drug-likeness (QED) is 0.797. The average molecular weight is 215 g/mol. The van der Waals surface area contributed by atoms with Crippen molar-refractivity contribution in [1.29, 1.82) is 5.26 Å². The standard InChI is InChI=1S/C10H9N5O/c1-16-8-3-2-7(5-11)9(4-8)15-6-13-10(12)14-15/h2-4,6H,1H3,(H2,12,14). The van der Waals surface area contributed by atoms with Gasteiger partial charge in [0.15, 0.2) is 0 Å². The van der Waals surface area contributed by atoms with Crippen molar-refractivity contribution in [2.75, 3.05) is 12.8 Å². The molecule has 16 heavy (non-hydrogen) atoms. The summed E-state index contributed by atoms with van der Waals surface area (Å²) in [4.78, 5) is 3.80. The average Bonchev–Trinajstić information content (AvgIpc) is 2.75. The molecule has 0 atom stereocenters. The van der Waals surface area contributed by atoms with Gasteiger partial charge in [-0.05, 0) is 12.1 Å². The van der Waals surface area contributed by atoms with Crippen molar-refractivity contribution in [2.24, 2.45) is 0 Å². The third kappa shape index (κ3) is 1.66. The van der Waals surface area contributed by atoms with Crippen LogP contribution in [-0.4, -0.2) is 21.9 Å². The Hall–Kier alpha value is -2.55. The van der Waals surface area contributed by atoms with Gasteiger partial charge in [-0.2, -0.15) is 5.26 Å². The van der Waals surface area contributed by atoms with Gasteiger partial charge >= 0.3 is 0 Å². The molecule has 80 valence electrons. The number of hydrogen-bond donors (Lipinski definition) is 1. The zero-order valence-corrected chi connectivity index (χ0v) is 8.58. The molecule has 2 rings (SSSR count). The Morgan fingerprint density at radius 1 is 1.50 bits per heavy atom. The number of nitriles is 1. The number of methoxy groups -OCH3 is 1. The van der Waals surface area contributed by atoms with E-state index in [1.807, 2.05) is 0 Å². The van der Waals surface area contributed by atoms with Crippen LogP contribution in [0.5, 0.6) is 5.75 Å². The van der Waals surface area contributed by atoms with Crippen molar-refractivity contribution >= 4 is 5.95 Å². The summed E-state index contributed by atoms with van der Waals surface area (Å²) in [6.45, 7) is 0. The molecule has 6 heteroatoms. The minimum atomic E-state index is 0.159. The highest BCUT2D eigenvalue weighted by Crippen LogP contribution is 2.20. The smallest absolute Gasteiger partial charge is 0.239 e. The molecule has 1 heterocycles. The highest BCUT2D eigenvalue weighted by molar-refractivity contribution is 5.52. The minimum Gasteiger partial charge on any atom is -0.497 e. The molecular formula is C10H9N5O. The molecular weight excluding hydrogens is 206 g/mol. The number of anilines is 1. The van der Waals surface area contributed by atoms with Crippen LogP contribution in [0.15, 0.2) is 24.5 Å². The topological polar surface area (TPSA) is 89.8 Å². The molecule has 0 radical (unpaired) electrons. The van der Waals surface area contributed by atoms with Crippen LogP contribution in [0.1, 0.15) is 5.56 Å². The fourth-order valence-electron chi connectivity index (χ4n) is 1.31. The monoisotopic (exact) mass is 215 g/mol. The van der Waals surface area contributed by atoms with E-state index in [1.165, 1.54) is 11.0 Å². The van der Waals surface area contributed by atoms with Gasteiger partial charge in [0, 0.05) is 6.07 Å². The Balaban J connectivity index is 2.58. The lowest BCUT2D eigenvalue weighted by atomic mass is 10.2. The van der Waals surface area contributed by atoms with Crippen molar-refractivity contribution in [3.8, 4) is 17.5 Å². The van der Waals surface area contributed by atoms with E-state index in [4.69, 9.17) is 15.7 Å². The Morgan fingerprint density at radius 2 is 2.31 bits per heavy atom. The van der Waals surface area contributed by atoms with Gasteiger partial charge in [-0.1, -0.05) is 0 Å². The molecule has 0 amide bonds. The molecule has 0 fully saturated rings. The van der Waals surface area contributed by atoms with Gasteiger partial charge < -0.3 is 10.5 Å². The molecule has 0 aliphatic rings. The number of nitrogens with zero attached hydrogens (tertiary/aromatic N) is 4. The van der Waals surface area contributed by atoms with Gasteiger partial charge in [-0.3, -0.25) is 0 Å². The highest BCUT2D eigenvalue weighted by Gasteiger charge is 2.07. The fourth-order valence-corrected chi connectivity index (χ4v) is 1.31. The van der Waals surface area contributed by atoms with E-state index in [0.717, 1.165) is 0 Å². The van der Waals surface area contributed by atoms with E-state index in [9.17, 15) is 0 Å². The summed E-state index contributed by atoms with van der Waals surface area (Å²) >= 11 is 0. The number of rotatable bonds is 2. The van der Waals surface area contributed by atoms with Gasteiger partial charge in [0.2, 0.25) is 5.95 Å². The molecule has 1 aromatic carbocycles. The summed E-state index contributed by atoms with van der Waals surface area (Å²) in [5.41, 5.74) is 6.49. The lowest BCUT2D eigenvalue weighted by Crippen LogP contribution is -2.00. The van der Waals surface area contributed by atoms with Crippen LogP contribution < -0.4 is 10.5 Å². The van der Waals surface area contributed by atoms with Crippen molar-refractivity contribution in [2.45, 2.75) is 0 Å². The Labute approximate surface area is 91.9 Å². The van der Waals surface area contributed by atoms with E-state index in [0.29, 0.717) is 17.0 Å². The van der Waals surface area contributed by atoms with Gasteiger partial charge in [0.1, 0.15) is 18.1 Å². The van der Waals surface area contributed by atoms with E-state index in [1.54, 1.807) is 25.3 Å². The molecule has 0 aliphatic heterocycles. The Bertz CT molecular complexity index is 555. The number of benzene rings is 1. The van der Waals surface area contributed by atoms with Gasteiger partial charge in [-0.25, -0.2) is 9.67 Å². The van der Waals surface area contributed by atoms with Crippen LogP contribution in [0, 0.1) is 11.3 Å². The van der Waals surface area contributed by atoms with E-state index < -0.39 is 0 Å². The van der Waals surface area contributed by atoms with Gasteiger partial charge in [0.05, 0.1) is 18.4 Å². The third-order valence-corrected chi connectivity index (χ3v) is 2.08. The molecule has 0 bridgehead atoms. The molecule has 0 saturated heterocycles. The molecule has 6 nitrogen and oxygen atoms in total. The second-order valence-corrected chi connectivity index (χ2v) is 3.04. The molecule has 0 unspecified atom stereocenters. The summed E-state index contributed by atoms with van der Waals surface area (Å²) in [5.74, 6) is 0.801. The second kappa shape index (κ2) is 3.90. The van der Waals surface area contributed by atoms with Crippen molar-refractivity contribution in [3.05, 3.63) is 30.1 Å². The molecule has 0 spiro atoms. The predicted molar refractivity (Wildman–Crippen MR) is 57.0 cm³/mol. The Kier molecular flexibility index (Phi) is 2.44. The maximum atomic E-state index is 8.97. The minimum absolute atomic E-state index is 0.159. The summed E-state index contributed by atoms with van der Waals surface area (Å²) in [6.07, 6.45) is 1.45. The van der Waals surface area contributed by atoms with Crippen LogP contribution in [0.25, 0.3) is 5.69 Å². The number of ether oxygens (including phenoxy) is 1. The third-order valence-electron chi connectivity index (χ3n) is 2.08. The second-order valence-electron chi connectivity index (χ2n) is 3.04. The zero-order valence-electron chi connectivity index (χ0n) is 8.58. The molecule has 0 aliphatic carbocycles. The lowest BCUT2D eigenvalue weighted by Gasteiger charge is -2.05. The number of hydrogen-bond acceptors (Lipinski definition) is 5. The molecule has 1 aromatic heterocycles. The van der Waals surface area contributed by atoms with Crippen LogP contribution >= 0.6 is 0 Å². The zero-order chi connectivity index (χ0) is 11.5. The molecule has 0 saturated carbocycles. The maximum absolute atomic E-state index is 8.97. The van der Waals surface area contributed by atoms with Gasteiger partial charge in [0.25, 0.3) is 0 Å². The first-order chi connectivity index (χ1) is 7.74. The van der Waals surface area contributed by atoms with Gasteiger partial charge in [-0.15, -0.1) is 5.10 Å². The highest BCUT2D eigenvalue weighted by atomic mass is 16.5. The van der Waals surface area contributed by atoms with Crippen LogP contribution in [-0.2, 0) is 0 Å². The van der Waals surface area contributed by atoms with Crippen molar-refractivity contribution < 1.29 is 4.74 Å². The van der Waals surface area contributed by atoms with E-state index >= 15 is 0 Å². The molecule has 2 aromatic rings. The van der Waals surface area contributed by atoms with Crippen LogP contribution in [0.2, 0.25) is 0 Å². The predicted octanol–water partition coefficient (Wildman–Crippen LogP) is 0.730. The van der Waals surface area contributed by atoms with Crippen LogP contribution in [0.4, 0.5) is 5.95 Å². The van der Waals surface area contributed by atoms with Crippen molar-refractivity contribution in [1.82, 2.24) is 14.8 Å². The van der Waals surface area contributed by atoms with E-state index in [-0.39, 0.29) is 5.95 Å². The summed E-state index contributed by atoms with van der Waals surface area (Å²) in [7, 11) is 1.56. The summed E-state index contributed by atoms with van der Waals surface area (Å²) in [5, 5.41) is 12.9. The van der Waals surface area contributed by atoms with E-state index in [2.05, 4.69) is 16.2 Å². The first-order valence-electron chi connectivity index (χ1n) is 4.50. The number of aromatic nitrogens is 3. The summed E-state index contributed by atoms with van der Waals surface area (Å²) in [6, 6.07) is 7.14. The Morgan fingerprint density at radius 3 is 2.88 bits per heavy atom.